The first-order valence-electron chi connectivity index (χ1n) is 7.77. The number of pyridine rings is 1. The summed E-state index contributed by atoms with van der Waals surface area (Å²) in [5, 5.41) is 3.23. The molecular formula is C17H21N3O4. The fourth-order valence-corrected chi connectivity index (χ4v) is 2.92. The summed E-state index contributed by atoms with van der Waals surface area (Å²) in [6.45, 7) is 2.54. The van der Waals surface area contributed by atoms with Crippen molar-refractivity contribution in [2.45, 2.75) is 25.5 Å². The van der Waals surface area contributed by atoms with Gasteiger partial charge in [-0.1, -0.05) is 0 Å². The molecule has 7 heteroatoms. The summed E-state index contributed by atoms with van der Waals surface area (Å²) in [5.41, 5.74) is 2.23. The van der Waals surface area contributed by atoms with Gasteiger partial charge in [0.25, 0.3) is 0 Å². The van der Waals surface area contributed by atoms with E-state index in [9.17, 15) is 4.79 Å². The molecule has 2 N–H and O–H groups in total. The zero-order valence-electron chi connectivity index (χ0n) is 14.0. The number of aromatic nitrogens is 2. The van der Waals surface area contributed by atoms with Crippen molar-refractivity contribution in [2.75, 3.05) is 26.1 Å². The lowest BCUT2D eigenvalue weighted by Gasteiger charge is -2.24. The third kappa shape index (κ3) is 3.27. The Morgan fingerprint density at radius 1 is 1.50 bits per heavy atom. The third-order valence-corrected chi connectivity index (χ3v) is 4.01. The van der Waals surface area contributed by atoms with Crippen molar-refractivity contribution in [2.24, 2.45) is 0 Å². The Morgan fingerprint density at radius 3 is 3.00 bits per heavy atom. The van der Waals surface area contributed by atoms with Crippen molar-refractivity contribution in [1.82, 2.24) is 9.97 Å². The van der Waals surface area contributed by atoms with E-state index in [2.05, 4.69) is 15.3 Å². The summed E-state index contributed by atoms with van der Waals surface area (Å²) < 4.78 is 16.0. The molecule has 0 aromatic carbocycles. The van der Waals surface area contributed by atoms with Crippen LogP contribution in [-0.4, -0.2) is 42.9 Å². The first kappa shape index (κ1) is 16.5. The lowest BCUT2D eigenvalue weighted by molar-refractivity contribution is 0.146. The highest BCUT2D eigenvalue weighted by molar-refractivity contribution is 5.84. The van der Waals surface area contributed by atoms with Gasteiger partial charge in [0.2, 0.25) is 0 Å². The van der Waals surface area contributed by atoms with Crippen molar-refractivity contribution in [3.63, 3.8) is 0 Å². The molecular weight excluding hydrogens is 310 g/mol. The van der Waals surface area contributed by atoms with Gasteiger partial charge in [0.1, 0.15) is 5.82 Å². The van der Waals surface area contributed by atoms with Crippen LogP contribution in [0.15, 0.2) is 27.9 Å². The van der Waals surface area contributed by atoms with Gasteiger partial charge in [-0.2, -0.15) is 0 Å². The van der Waals surface area contributed by atoms with Gasteiger partial charge in [-0.3, -0.25) is 4.79 Å². The maximum absolute atomic E-state index is 12.5. The Morgan fingerprint density at radius 2 is 2.33 bits per heavy atom. The highest BCUT2D eigenvalue weighted by Crippen LogP contribution is 2.30. The number of oxazole rings is 1. The van der Waals surface area contributed by atoms with E-state index in [4.69, 9.17) is 13.9 Å². The van der Waals surface area contributed by atoms with Crippen molar-refractivity contribution in [3.05, 3.63) is 45.9 Å². The number of hydrogen-bond donors (Lipinski definition) is 2. The van der Waals surface area contributed by atoms with Gasteiger partial charge in [-0.25, -0.2) is 4.98 Å². The highest BCUT2D eigenvalue weighted by Gasteiger charge is 2.26. The number of fused-ring (bicyclic) bond motifs is 1. The summed E-state index contributed by atoms with van der Waals surface area (Å²) in [6.07, 6.45) is 5.16. The quantitative estimate of drug-likeness (QED) is 0.840. The molecule has 1 aliphatic carbocycles. The van der Waals surface area contributed by atoms with E-state index in [0.29, 0.717) is 30.2 Å². The van der Waals surface area contributed by atoms with E-state index in [-0.39, 0.29) is 17.6 Å². The van der Waals surface area contributed by atoms with Crippen LogP contribution in [0.2, 0.25) is 0 Å². The number of methoxy groups -OCH3 is 2. The molecule has 0 bridgehead atoms. The zero-order chi connectivity index (χ0) is 17.1. The van der Waals surface area contributed by atoms with Crippen LogP contribution in [0.1, 0.15) is 23.9 Å². The van der Waals surface area contributed by atoms with Crippen molar-refractivity contribution < 1.29 is 13.9 Å². The molecule has 1 unspecified atom stereocenters. The smallest absolute Gasteiger partial charge is 0.191 e. The lowest BCUT2D eigenvalue weighted by atomic mass is 9.92. The molecule has 0 aliphatic heterocycles. The molecule has 7 nitrogen and oxygen atoms in total. The standard InChI is InChI=1S/C17H21N3O4/c1-10(8-22-2)19-17-6-14(21)11-4-12(16-7-18-9-24-16)15(23-3)5-13(11)20-17/h4,6-7,9-10,15H,5,8H2,1-3H3,(H2,19,20,21)/t10-,15?/m0/s1. The molecule has 2 aromatic heterocycles. The predicted molar refractivity (Wildman–Crippen MR) is 90.9 cm³/mol. The number of rotatable bonds is 6. The minimum Gasteiger partial charge on any atom is -0.444 e. The van der Waals surface area contributed by atoms with Gasteiger partial charge < -0.3 is 24.2 Å². The van der Waals surface area contributed by atoms with Gasteiger partial charge in [0.15, 0.2) is 17.6 Å². The Bertz CT molecular complexity index is 780. The third-order valence-electron chi connectivity index (χ3n) is 4.01. The van der Waals surface area contributed by atoms with Gasteiger partial charge >= 0.3 is 0 Å². The van der Waals surface area contributed by atoms with Gasteiger partial charge in [-0.05, 0) is 13.0 Å². The largest absolute Gasteiger partial charge is 0.444 e. The molecule has 2 aromatic rings. The second-order valence-electron chi connectivity index (χ2n) is 5.83. The number of nitrogens with one attached hydrogen (secondary N) is 2. The minimum absolute atomic E-state index is 0.0533. The van der Waals surface area contributed by atoms with E-state index < -0.39 is 0 Å². The fraction of sp³-hybridized carbons (Fsp3) is 0.412. The van der Waals surface area contributed by atoms with Crippen LogP contribution in [0, 0.1) is 0 Å². The fourth-order valence-electron chi connectivity index (χ4n) is 2.92. The van der Waals surface area contributed by atoms with Gasteiger partial charge in [0, 0.05) is 49.6 Å². The molecule has 128 valence electrons. The lowest BCUT2D eigenvalue weighted by Crippen LogP contribution is -2.27. The van der Waals surface area contributed by atoms with E-state index >= 15 is 0 Å². The normalized spacial score (nSPS) is 18.0. The Labute approximate surface area is 139 Å². The number of aromatic amines is 1. The van der Waals surface area contributed by atoms with Crippen LogP contribution in [-0.2, 0) is 15.9 Å². The second-order valence-corrected chi connectivity index (χ2v) is 5.83. The van der Waals surface area contributed by atoms with Crippen LogP contribution < -0.4 is 10.7 Å². The molecule has 0 amide bonds. The summed E-state index contributed by atoms with van der Waals surface area (Å²) in [6, 6.07) is 1.65. The first-order chi connectivity index (χ1) is 11.6. The number of hydrogen-bond acceptors (Lipinski definition) is 6. The monoisotopic (exact) mass is 331 g/mol. The van der Waals surface area contributed by atoms with Crippen molar-refractivity contribution in [3.8, 4) is 0 Å². The average molecular weight is 331 g/mol. The number of anilines is 1. The maximum atomic E-state index is 12.5. The number of ether oxygens (including phenoxy) is 2. The molecule has 0 fully saturated rings. The van der Waals surface area contributed by atoms with Crippen molar-refractivity contribution >= 4 is 17.5 Å². The highest BCUT2D eigenvalue weighted by atomic mass is 16.5. The van der Waals surface area contributed by atoms with Crippen LogP contribution in [0.3, 0.4) is 0 Å². The van der Waals surface area contributed by atoms with Crippen LogP contribution >= 0.6 is 0 Å². The molecule has 2 atom stereocenters. The van der Waals surface area contributed by atoms with E-state index in [1.54, 1.807) is 26.5 Å². The molecule has 3 rings (SSSR count). The van der Waals surface area contributed by atoms with E-state index in [0.717, 1.165) is 11.3 Å². The minimum atomic E-state index is -0.201. The number of H-pyrrole nitrogens is 1. The Hall–Kier alpha value is -2.38. The van der Waals surface area contributed by atoms with Crippen LogP contribution in [0.5, 0.6) is 0 Å². The first-order valence-corrected chi connectivity index (χ1v) is 7.77. The summed E-state index contributed by atoms with van der Waals surface area (Å²) in [5.74, 6) is 1.29. The summed E-state index contributed by atoms with van der Waals surface area (Å²) in [7, 11) is 3.29. The average Bonchev–Trinajstić information content (AvgIpc) is 3.08. The zero-order valence-corrected chi connectivity index (χ0v) is 14.0. The molecule has 1 aliphatic rings. The molecule has 2 heterocycles. The van der Waals surface area contributed by atoms with Gasteiger partial charge in [0.05, 0.1) is 18.9 Å². The molecule has 0 saturated carbocycles. The van der Waals surface area contributed by atoms with Crippen LogP contribution in [0.4, 0.5) is 5.82 Å². The van der Waals surface area contributed by atoms with Crippen LogP contribution in [0.25, 0.3) is 11.6 Å². The summed E-state index contributed by atoms with van der Waals surface area (Å²) in [4.78, 5) is 19.7. The molecule has 0 saturated heterocycles. The van der Waals surface area contributed by atoms with Gasteiger partial charge in [-0.15, -0.1) is 0 Å². The Balaban J connectivity index is 1.97. The van der Waals surface area contributed by atoms with E-state index in [1.165, 1.54) is 6.39 Å². The topological polar surface area (TPSA) is 89.4 Å². The molecule has 0 spiro atoms. The SMILES string of the molecule is COC[C@H](C)Nc1cc(=O)c2c([nH]1)CC(OC)C(c1cnco1)=C2. The molecule has 0 radical (unpaired) electrons. The van der Waals surface area contributed by atoms with E-state index in [1.807, 2.05) is 13.0 Å². The molecule has 24 heavy (non-hydrogen) atoms. The Kier molecular flexibility index (Phi) is 4.82. The number of nitrogens with zero attached hydrogens (tertiary/aromatic N) is 1. The predicted octanol–water partition coefficient (Wildman–Crippen LogP) is 1.92. The second kappa shape index (κ2) is 7.02. The summed E-state index contributed by atoms with van der Waals surface area (Å²) >= 11 is 0. The van der Waals surface area contributed by atoms with Crippen molar-refractivity contribution in [1.29, 1.82) is 0 Å². The maximum Gasteiger partial charge on any atom is 0.191 e.